The molecule has 9 nitrogen and oxygen atoms in total. The van der Waals surface area contributed by atoms with Gasteiger partial charge in [-0.15, -0.1) is 0 Å². The average Bonchev–Trinajstić information content (AvgIpc) is 3.19. The van der Waals surface area contributed by atoms with Gasteiger partial charge in [0.2, 0.25) is 0 Å². The molecular formula is C25H28FN5O4. The van der Waals surface area contributed by atoms with Gasteiger partial charge in [0.25, 0.3) is 5.56 Å². The van der Waals surface area contributed by atoms with Crippen LogP contribution in [0, 0.1) is 5.82 Å². The molecule has 184 valence electrons. The first-order valence-corrected chi connectivity index (χ1v) is 11.3. The molecule has 0 saturated heterocycles. The van der Waals surface area contributed by atoms with Crippen LogP contribution in [0.1, 0.15) is 37.3 Å². The summed E-state index contributed by atoms with van der Waals surface area (Å²) in [6.07, 6.45) is 0.383. The smallest absolute Gasteiger partial charge is 0.332 e. The van der Waals surface area contributed by atoms with Crippen molar-refractivity contribution in [3.8, 4) is 11.8 Å². The van der Waals surface area contributed by atoms with E-state index in [0.717, 1.165) is 15.7 Å². The monoisotopic (exact) mass is 481 g/mol. The molecule has 4 rings (SSSR count). The number of aromatic nitrogens is 4. The van der Waals surface area contributed by atoms with Crippen molar-refractivity contribution in [3.05, 3.63) is 86.3 Å². The van der Waals surface area contributed by atoms with Crippen LogP contribution in [0.2, 0.25) is 0 Å². The predicted molar refractivity (Wildman–Crippen MR) is 130 cm³/mol. The zero-order valence-electron chi connectivity index (χ0n) is 19.9. The Kier molecular flexibility index (Phi) is 7.13. The summed E-state index contributed by atoms with van der Waals surface area (Å²) in [5, 5.41) is 0. The number of imidazole rings is 1. The van der Waals surface area contributed by atoms with Gasteiger partial charge in [0.1, 0.15) is 11.6 Å². The molecule has 0 fully saturated rings. The molecule has 0 aliphatic rings. The molecule has 0 unspecified atom stereocenters. The molecule has 0 aliphatic heterocycles. The van der Waals surface area contributed by atoms with E-state index in [9.17, 15) is 14.0 Å². The number of rotatable bonds is 9. The largest absolute Gasteiger partial charge is 0.425 e. The lowest BCUT2D eigenvalue weighted by Crippen LogP contribution is -2.40. The second kappa shape index (κ2) is 10.2. The van der Waals surface area contributed by atoms with Gasteiger partial charge < -0.3 is 9.57 Å². The third kappa shape index (κ3) is 4.89. The fourth-order valence-electron chi connectivity index (χ4n) is 4.00. The fourth-order valence-corrected chi connectivity index (χ4v) is 4.00. The van der Waals surface area contributed by atoms with Crippen LogP contribution in [-0.4, -0.2) is 25.3 Å². The zero-order valence-corrected chi connectivity index (χ0v) is 19.9. The second-order valence-corrected chi connectivity index (χ2v) is 8.60. The van der Waals surface area contributed by atoms with Gasteiger partial charge in [0.05, 0.1) is 13.2 Å². The number of para-hydroxylation sites is 1. The summed E-state index contributed by atoms with van der Waals surface area (Å²) in [5.41, 5.74) is 1.12. The highest BCUT2D eigenvalue weighted by atomic mass is 19.1. The summed E-state index contributed by atoms with van der Waals surface area (Å²) >= 11 is 0. The number of fused-ring (bicyclic) bond motifs is 1. The highest BCUT2D eigenvalue weighted by molar-refractivity contribution is 5.72. The molecule has 0 aliphatic carbocycles. The van der Waals surface area contributed by atoms with Crippen molar-refractivity contribution in [2.24, 2.45) is 12.9 Å². The Labute approximate surface area is 201 Å². The first kappa shape index (κ1) is 24.4. The van der Waals surface area contributed by atoms with Crippen LogP contribution in [0.15, 0.2) is 58.1 Å². The highest BCUT2D eigenvalue weighted by Crippen LogP contribution is 2.31. The summed E-state index contributed by atoms with van der Waals surface area (Å²) in [7, 11) is 1.56. The maximum atomic E-state index is 13.5. The maximum Gasteiger partial charge on any atom is 0.332 e. The topological polar surface area (TPSA) is 106 Å². The average molecular weight is 482 g/mol. The van der Waals surface area contributed by atoms with E-state index in [1.54, 1.807) is 23.7 Å². The van der Waals surface area contributed by atoms with Crippen LogP contribution in [0.3, 0.4) is 0 Å². The Morgan fingerprint density at radius 3 is 2.46 bits per heavy atom. The third-order valence-electron chi connectivity index (χ3n) is 5.84. The maximum absolute atomic E-state index is 13.5. The Bertz CT molecular complexity index is 1450. The number of aryl methyl sites for hydroxylation is 1. The number of benzene rings is 2. The van der Waals surface area contributed by atoms with Crippen LogP contribution in [0.5, 0.6) is 11.8 Å². The number of hydrogen-bond donors (Lipinski definition) is 1. The van der Waals surface area contributed by atoms with E-state index in [4.69, 9.17) is 10.6 Å². The number of ether oxygens (including phenoxy) is 1. The van der Waals surface area contributed by atoms with Crippen molar-refractivity contribution in [1.29, 1.82) is 0 Å². The van der Waals surface area contributed by atoms with Gasteiger partial charge >= 0.3 is 11.7 Å². The Hall–Kier alpha value is -3.76. The minimum atomic E-state index is -0.500. The molecule has 0 spiro atoms. The van der Waals surface area contributed by atoms with E-state index in [1.807, 2.05) is 24.3 Å². The molecule has 0 atom stereocenters. The van der Waals surface area contributed by atoms with Crippen LogP contribution in [0.4, 0.5) is 4.39 Å². The van der Waals surface area contributed by atoms with Crippen molar-refractivity contribution in [2.45, 2.75) is 39.3 Å². The molecule has 2 N–H and O–H groups in total. The SMILES string of the molecule is CC(C)c1ccccc1Oc1nc2c(c(=O)n(CCCON)c(=O)n2C)n1Cc1ccc(F)cc1. The Balaban J connectivity index is 1.92. The molecule has 2 heterocycles. The van der Waals surface area contributed by atoms with Gasteiger partial charge in [0.15, 0.2) is 11.2 Å². The van der Waals surface area contributed by atoms with Crippen molar-refractivity contribution in [1.82, 2.24) is 18.7 Å². The highest BCUT2D eigenvalue weighted by Gasteiger charge is 2.22. The van der Waals surface area contributed by atoms with Gasteiger partial charge in [0, 0.05) is 13.6 Å². The number of halogens is 1. The second-order valence-electron chi connectivity index (χ2n) is 8.60. The predicted octanol–water partition coefficient (Wildman–Crippen LogP) is 3.28. The lowest BCUT2D eigenvalue weighted by atomic mass is 10.0. The molecule has 10 heteroatoms. The molecule has 0 amide bonds. The minimum Gasteiger partial charge on any atom is -0.425 e. The fraction of sp³-hybridized carbons (Fsp3) is 0.320. The number of nitrogens with two attached hydrogens (primary N) is 1. The lowest BCUT2D eigenvalue weighted by molar-refractivity contribution is 0.131. The quantitative estimate of drug-likeness (QED) is 0.291. The van der Waals surface area contributed by atoms with Gasteiger partial charge in [-0.2, -0.15) is 4.98 Å². The van der Waals surface area contributed by atoms with Gasteiger partial charge in [-0.1, -0.05) is 44.2 Å². The van der Waals surface area contributed by atoms with Crippen molar-refractivity contribution in [3.63, 3.8) is 0 Å². The number of nitrogens with zero attached hydrogens (tertiary/aromatic N) is 4. The first-order chi connectivity index (χ1) is 16.8. The Morgan fingerprint density at radius 1 is 1.06 bits per heavy atom. The first-order valence-electron chi connectivity index (χ1n) is 11.3. The molecule has 4 aromatic rings. The van der Waals surface area contributed by atoms with E-state index >= 15 is 0 Å². The molecule has 2 aromatic heterocycles. The van der Waals surface area contributed by atoms with E-state index in [2.05, 4.69) is 23.7 Å². The summed E-state index contributed by atoms with van der Waals surface area (Å²) in [5.74, 6) is 5.52. The van der Waals surface area contributed by atoms with Crippen LogP contribution >= 0.6 is 0 Å². The van der Waals surface area contributed by atoms with E-state index in [-0.39, 0.29) is 48.6 Å². The van der Waals surface area contributed by atoms with Crippen molar-refractivity contribution < 1.29 is 14.0 Å². The summed E-state index contributed by atoms with van der Waals surface area (Å²) in [6, 6.07) is 13.7. The van der Waals surface area contributed by atoms with Crippen LogP contribution < -0.4 is 21.9 Å². The van der Waals surface area contributed by atoms with Crippen LogP contribution in [-0.2, 0) is 25.0 Å². The molecule has 0 bridgehead atoms. The summed E-state index contributed by atoms with van der Waals surface area (Å²) < 4.78 is 23.8. The zero-order chi connectivity index (χ0) is 25.1. The van der Waals surface area contributed by atoms with E-state index in [1.165, 1.54) is 16.7 Å². The minimum absolute atomic E-state index is 0.132. The Morgan fingerprint density at radius 2 is 1.77 bits per heavy atom. The van der Waals surface area contributed by atoms with Crippen molar-refractivity contribution in [2.75, 3.05) is 6.61 Å². The molecular weight excluding hydrogens is 453 g/mol. The molecule has 2 aromatic carbocycles. The van der Waals surface area contributed by atoms with Crippen LogP contribution in [0.25, 0.3) is 11.2 Å². The lowest BCUT2D eigenvalue weighted by Gasteiger charge is -2.14. The summed E-state index contributed by atoms with van der Waals surface area (Å²) in [6.45, 7) is 4.62. The van der Waals surface area contributed by atoms with Gasteiger partial charge in [-0.25, -0.2) is 15.1 Å². The number of hydrogen-bond acceptors (Lipinski definition) is 6. The normalized spacial score (nSPS) is 11.5. The van der Waals surface area contributed by atoms with Crippen molar-refractivity contribution >= 4 is 11.2 Å². The van der Waals surface area contributed by atoms with Gasteiger partial charge in [-0.3, -0.25) is 18.5 Å². The molecule has 0 saturated carbocycles. The van der Waals surface area contributed by atoms with Gasteiger partial charge in [-0.05, 0) is 41.7 Å². The molecule has 0 radical (unpaired) electrons. The molecule has 35 heavy (non-hydrogen) atoms. The standard InChI is InChI=1S/C25H28FN5O4/c1-16(2)19-7-4-5-8-20(19)35-24-28-22-21(31(24)15-17-9-11-18(26)12-10-17)23(32)30(13-6-14-34-27)25(33)29(22)3/h4-5,7-12,16H,6,13-15,27H2,1-3H3. The van der Waals surface area contributed by atoms with E-state index in [0.29, 0.717) is 12.2 Å². The third-order valence-corrected chi connectivity index (χ3v) is 5.84. The summed E-state index contributed by atoms with van der Waals surface area (Å²) in [4.78, 5) is 35.6. The van der Waals surface area contributed by atoms with E-state index < -0.39 is 11.2 Å².